The molecule has 7 heteroatoms. The van der Waals surface area contributed by atoms with Crippen molar-refractivity contribution < 1.29 is 9.59 Å². The van der Waals surface area contributed by atoms with Crippen LogP contribution in [0.2, 0.25) is 0 Å². The molecule has 0 saturated carbocycles. The summed E-state index contributed by atoms with van der Waals surface area (Å²) < 4.78 is 0.953. The maximum absolute atomic E-state index is 13.4. The number of halogens is 1. The Hall–Kier alpha value is -2.12. The molecule has 2 aliphatic heterocycles. The molecule has 0 aromatic carbocycles. The van der Waals surface area contributed by atoms with Gasteiger partial charge in [0.15, 0.2) is 0 Å². The number of allylic oxidation sites excluding steroid dienone is 3. The van der Waals surface area contributed by atoms with Gasteiger partial charge in [-0.3, -0.25) is 9.59 Å². The summed E-state index contributed by atoms with van der Waals surface area (Å²) in [4.78, 5) is 34.1. The summed E-state index contributed by atoms with van der Waals surface area (Å²) in [7, 11) is 0. The quantitative estimate of drug-likeness (QED) is 0.510. The van der Waals surface area contributed by atoms with Gasteiger partial charge in [-0.2, -0.15) is 0 Å². The fraction of sp³-hybridized carbons (Fsp3) is 0.556. The van der Waals surface area contributed by atoms with Crippen LogP contribution in [0.5, 0.6) is 0 Å². The smallest absolute Gasteiger partial charge is 0.256 e. The Morgan fingerprint density at radius 3 is 2.68 bits per heavy atom. The van der Waals surface area contributed by atoms with E-state index >= 15 is 0 Å². The molecular formula is C27H39BrN4O2. The number of nitrogens with zero attached hydrogens (tertiary/aromatic N) is 2. The lowest BCUT2D eigenvalue weighted by Crippen LogP contribution is -2.38. The van der Waals surface area contributed by atoms with E-state index in [2.05, 4.69) is 51.1 Å². The van der Waals surface area contributed by atoms with Crippen LogP contribution in [0.1, 0.15) is 74.3 Å². The predicted octanol–water partition coefficient (Wildman–Crippen LogP) is 4.96. The summed E-state index contributed by atoms with van der Waals surface area (Å²) >= 11 is 3.66. The number of aryl methyl sites for hydroxylation is 1. The second kappa shape index (κ2) is 12.0. The molecule has 34 heavy (non-hydrogen) atoms. The van der Waals surface area contributed by atoms with Crippen LogP contribution in [-0.4, -0.2) is 65.4 Å². The number of carbonyl (C=O) groups is 2. The first kappa shape index (κ1) is 26.5. The standard InChI is InChI=1S/C25H33BrN4O2.C2H6/c1-4-29(5-2)13-14-30-12-8-11-19-22(25(30)32)16(3)21(27-19)15-17-23-18(26)9-6-7-10-20(23)28-24(17)31;1-2/h6,9,15,20,27H,4-5,7-8,10-14H2,1-3H3,(H,28,31);1-2H3/b17-15-;. The van der Waals surface area contributed by atoms with Crippen LogP contribution in [0.4, 0.5) is 0 Å². The average molecular weight is 532 g/mol. The van der Waals surface area contributed by atoms with Crippen molar-refractivity contribution in [2.75, 3.05) is 32.7 Å². The van der Waals surface area contributed by atoms with Crippen molar-refractivity contribution in [2.45, 2.75) is 66.3 Å². The summed E-state index contributed by atoms with van der Waals surface area (Å²) in [5.41, 5.74) is 5.27. The Balaban J connectivity index is 0.00000158. The molecule has 1 aromatic rings. The number of nitrogens with one attached hydrogen (secondary N) is 2. The second-order valence-corrected chi connectivity index (χ2v) is 9.62. The highest BCUT2D eigenvalue weighted by atomic mass is 79.9. The molecule has 0 spiro atoms. The predicted molar refractivity (Wildman–Crippen MR) is 143 cm³/mol. The van der Waals surface area contributed by atoms with Crippen LogP contribution in [0, 0.1) is 6.92 Å². The van der Waals surface area contributed by atoms with Gasteiger partial charge in [0.05, 0.1) is 11.6 Å². The minimum absolute atomic E-state index is 0.0309. The van der Waals surface area contributed by atoms with Gasteiger partial charge in [0.2, 0.25) is 0 Å². The number of fused-ring (bicyclic) bond motifs is 2. The van der Waals surface area contributed by atoms with Gasteiger partial charge in [-0.15, -0.1) is 0 Å². The van der Waals surface area contributed by atoms with Crippen LogP contribution in [0.3, 0.4) is 0 Å². The van der Waals surface area contributed by atoms with Crippen molar-refractivity contribution >= 4 is 33.8 Å². The van der Waals surface area contributed by atoms with Crippen LogP contribution in [0.15, 0.2) is 27.8 Å². The number of carbonyl (C=O) groups excluding carboxylic acids is 2. The SMILES string of the molecule is CC.CCN(CC)CCN1CCCc2[nH]c(/C=C3\C(=O)NC4CCC=CC(Br)=C34)c(C)c2C1=O. The number of rotatable bonds is 6. The molecule has 4 rings (SSSR count). The van der Waals surface area contributed by atoms with E-state index < -0.39 is 0 Å². The van der Waals surface area contributed by atoms with Crippen molar-refractivity contribution in [2.24, 2.45) is 0 Å². The number of hydrogen-bond acceptors (Lipinski definition) is 3. The molecule has 1 aromatic heterocycles. The number of hydrogen-bond donors (Lipinski definition) is 2. The Bertz CT molecular complexity index is 1000. The van der Waals surface area contributed by atoms with E-state index in [1.807, 2.05) is 37.8 Å². The summed E-state index contributed by atoms with van der Waals surface area (Å²) in [5, 5.41) is 3.11. The first-order chi connectivity index (χ1) is 16.4. The van der Waals surface area contributed by atoms with Crippen LogP contribution >= 0.6 is 15.9 Å². The summed E-state index contributed by atoms with van der Waals surface area (Å²) in [6.07, 6.45) is 9.72. The first-order valence-corrected chi connectivity index (χ1v) is 13.6. The van der Waals surface area contributed by atoms with Crippen LogP contribution in [-0.2, 0) is 11.2 Å². The van der Waals surface area contributed by atoms with E-state index in [1.165, 1.54) is 0 Å². The molecule has 2 N–H and O–H groups in total. The molecule has 2 amide bonds. The van der Waals surface area contributed by atoms with E-state index in [-0.39, 0.29) is 17.9 Å². The molecule has 1 fully saturated rings. The van der Waals surface area contributed by atoms with Gasteiger partial charge in [-0.05, 0) is 57.3 Å². The monoisotopic (exact) mass is 530 g/mol. The number of aromatic nitrogens is 1. The Morgan fingerprint density at radius 1 is 1.24 bits per heavy atom. The van der Waals surface area contributed by atoms with Crippen molar-refractivity contribution in [3.8, 4) is 0 Å². The molecule has 0 bridgehead atoms. The zero-order chi connectivity index (χ0) is 24.8. The lowest BCUT2D eigenvalue weighted by molar-refractivity contribution is -0.116. The molecule has 6 nitrogen and oxygen atoms in total. The second-order valence-electron chi connectivity index (χ2n) is 8.77. The minimum Gasteiger partial charge on any atom is -0.358 e. The molecule has 1 saturated heterocycles. The zero-order valence-electron chi connectivity index (χ0n) is 21.3. The van der Waals surface area contributed by atoms with Crippen LogP contribution in [0.25, 0.3) is 6.08 Å². The normalized spacial score (nSPS) is 21.2. The fourth-order valence-corrected chi connectivity index (χ4v) is 5.66. The number of amides is 2. The number of aromatic amines is 1. The third-order valence-corrected chi connectivity index (χ3v) is 7.62. The van der Waals surface area contributed by atoms with E-state index in [0.29, 0.717) is 5.57 Å². The topological polar surface area (TPSA) is 68.4 Å². The van der Waals surface area contributed by atoms with Crippen molar-refractivity contribution in [1.29, 1.82) is 0 Å². The molecule has 3 heterocycles. The van der Waals surface area contributed by atoms with E-state index in [4.69, 9.17) is 0 Å². The van der Waals surface area contributed by atoms with Gasteiger partial charge in [0.1, 0.15) is 0 Å². The molecule has 1 aliphatic carbocycles. The van der Waals surface area contributed by atoms with Gasteiger partial charge in [-0.25, -0.2) is 0 Å². The third kappa shape index (κ3) is 5.41. The van der Waals surface area contributed by atoms with Gasteiger partial charge in [0.25, 0.3) is 11.8 Å². The Kier molecular flexibility index (Phi) is 9.37. The van der Waals surface area contributed by atoms with Gasteiger partial charge in [-0.1, -0.05) is 55.8 Å². The molecule has 0 radical (unpaired) electrons. The van der Waals surface area contributed by atoms with Crippen molar-refractivity contribution in [1.82, 2.24) is 20.1 Å². The summed E-state index contributed by atoms with van der Waals surface area (Å²) in [6.45, 7) is 14.7. The van der Waals surface area contributed by atoms with Gasteiger partial charge < -0.3 is 20.1 Å². The average Bonchev–Trinajstić information content (AvgIpc) is 3.17. The summed E-state index contributed by atoms with van der Waals surface area (Å²) in [6, 6.07) is 0.0309. The Labute approximate surface area is 212 Å². The Morgan fingerprint density at radius 2 is 1.97 bits per heavy atom. The van der Waals surface area contributed by atoms with E-state index in [0.717, 1.165) is 91.0 Å². The molecule has 3 aliphatic rings. The van der Waals surface area contributed by atoms with Gasteiger partial charge in [0, 0.05) is 46.7 Å². The first-order valence-electron chi connectivity index (χ1n) is 12.8. The third-order valence-electron chi connectivity index (χ3n) is 6.92. The minimum atomic E-state index is -0.0476. The van der Waals surface area contributed by atoms with Crippen molar-refractivity contribution in [3.05, 3.63) is 50.3 Å². The highest BCUT2D eigenvalue weighted by Crippen LogP contribution is 2.35. The number of likely N-dealkylation sites (N-methyl/N-ethyl adjacent to an activating group) is 1. The fourth-order valence-electron chi connectivity index (χ4n) is 4.98. The largest absolute Gasteiger partial charge is 0.358 e. The lowest BCUT2D eigenvalue weighted by atomic mass is 9.99. The molecular weight excluding hydrogens is 492 g/mol. The van der Waals surface area contributed by atoms with Crippen molar-refractivity contribution in [3.63, 3.8) is 0 Å². The zero-order valence-corrected chi connectivity index (χ0v) is 22.8. The molecule has 1 unspecified atom stereocenters. The van der Waals surface area contributed by atoms with Gasteiger partial charge >= 0.3 is 0 Å². The lowest BCUT2D eigenvalue weighted by Gasteiger charge is -2.25. The molecule has 186 valence electrons. The number of H-pyrrole nitrogens is 1. The highest BCUT2D eigenvalue weighted by Gasteiger charge is 2.35. The molecule has 1 atom stereocenters. The van der Waals surface area contributed by atoms with E-state index in [9.17, 15) is 9.59 Å². The van der Waals surface area contributed by atoms with Crippen LogP contribution < -0.4 is 5.32 Å². The maximum atomic E-state index is 13.4. The maximum Gasteiger partial charge on any atom is 0.256 e. The van der Waals surface area contributed by atoms with E-state index in [1.54, 1.807) is 0 Å². The highest BCUT2D eigenvalue weighted by molar-refractivity contribution is 9.11. The summed E-state index contributed by atoms with van der Waals surface area (Å²) in [5.74, 6) is 0.0585.